The smallest absolute Gasteiger partial charge is 0.0943 e. The quantitative estimate of drug-likeness (QED) is 0.675. The highest BCUT2D eigenvalue weighted by atomic mass is 32.1. The van der Waals surface area contributed by atoms with E-state index in [1.807, 2.05) is 0 Å². The lowest BCUT2D eigenvalue weighted by atomic mass is 10.0. The van der Waals surface area contributed by atoms with Crippen molar-refractivity contribution >= 4 is 11.3 Å². The van der Waals surface area contributed by atoms with Gasteiger partial charge in [0.2, 0.25) is 0 Å². The molecule has 1 aromatic heterocycles. The number of nitrogens with zero attached hydrogens (tertiary/aromatic N) is 1. The minimum atomic E-state index is 0.613. The van der Waals surface area contributed by atoms with E-state index in [1.54, 1.807) is 11.3 Å². The molecule has 1 unspecified atom stereocenters. The molecule has 2 nitrogen and oxygen atoms in total. The van der Waals surface area contributed by atoms with E-state index < -0.39 is 0 Å². The number of unbranched alkanes of at least 4 members (excludes halogenated alkanes) is 3. The number of hydrogen-bond acceptors (Lipinski definition) is 3. The van der Waals surface area contributed by atoms with Crippen molar-refractivity contribution in [2.24, 2.45) is 0 Å². The summed E-state index contributed by atoms with van der Waals surface area (Å²) in [5.74, 6) is 0. The Hall–Kier alpha value is -0.410. The fraction of sp³-hybridized carbons (Fsp3) is 0.786. The van der Waals surface area contributed by atoms with Gasteiger partial charge in [0.25, 0.3) is 0 Å². The van der Waals surface area contributed by atoms with Crippen LogP contribution in [0.4, 0.5) is 0 Å². The molecule has 0 saturated heterocycles. The first-order chi connectivity index (χ1) is 8.26. The van der Waals surface area contributed by atoms with E-state index in [1.165, 1.54) is 37.1 Å². The molecule has 0 aromatic carbocycles. The van der Waals surface area contributed by atoms with Crippen LogP contribution in [0.1, 0.15) is 56.7 Å². The molecule has 3 heteroatoms. The third-order valence-corrected chi connectivity index (χ3v) is 3.98. The first kappa shape index (κ1) is 14.7. The molecule has 0 bridgehead atoms. The van der Waals surface area contributed by atoms with Gasteiger partial charge in [-0.1, -0.05) is 39.5 Å². The van der Waals surface area contributed by atoms with Gasteiger partial charge >= 0.3 is 0 Å². The molecular formula is C14H26N2S. The van der Waals surface area contributed by atoms with Crippen LogP contribution in [0.25, 0.3) is 0 Å². The second kappa shape index (κ2) is 8.65. The Morgan fingerprint density at radius 1 is 1.29 bits per heavy atom. The number of aryl methyl sites for hydroxylation is 1. The zero-order valence-electron chi connectivity index (χ0n) is 11.5. The first-order valence-corrected chi connectivity index (χ1v) is 7.78. The molecule has 0 radical (unpaired) electrons. The fourth-order valence-corrected chi connectivity index (χ4v) is 2.94. The Kier molecular flexibility index (Phi) is 7.45. The van der Waals surface area contributed by atoms with Crippen LogP contribution in [0.3, 0.4) is 0 Å². The van der Waals surface area contributed by atoms with Crippen LogP contribution < -0.4 is 5.32 Å². The van der Waals surface area contributed by atoms with Crippen LogP contribution in [0, 0.1) is 6.92 Å². The molecule has 1 rings (SSSR count). The Balaban J connectivity index is 2.32. The normalized spacial score (nSPS) is 12.9. The Morgan fingerprint density at radius 2 is 2.12 bits per heavy atom. The molecule has 1 N–H and O–H groups in total. The third kappa shape index (κ3) is 6.18. The molecule has 0 aliphatic heterocycles. The summed E-state index contributed by atoms with van der Waals surface area (Å²) in [6.45, 7) is 7.58. The lowest BCUT2D eigenvalue weighted by Gasteiger charge is -2.16. The van der Waals surface area contributed by atoms with E-state index >= 15 is 0 Å². The molecule has 1 heterocycles. The van der Waals surface area contributed by atoms with E-state index in [0.717, 1.165) is 18.7 Å². The molecule has 0 saturated carbocycles. The topological polar surface area (TPSA) is 24.9 Å². The van der Waals surface area contributed by atoms with E-state index in [9.17, 15) is 0 Å². The summed E-state index contributed by atoms with van der Waals surface area (Å²) in [6, 6.07) is 0.613. The lowest BCUT2D eigenvalue weighted by molar-refractivity contribution is 0.462. The van der Waals surface area contributed by atoms with Crippen molar-refractivity contribution < 1.29 is 0 Å². The number of rotatable bonds is 9. The molecule has 0 aliphatic carbocycles. The maximum absolute atomic E-state index is 4.56. The third-order valence-electron chi connectivity index (χ3n) is 2.99. The van der Waals surface area contributed by atoms with E-state index in [-0.39, 0.29) is 0 Å². The largest absolute Gasteiger partial charge is 0.314 e. The first-order valence-electron chi connectivity index (χ1n) is 6.90. The van der Waals surface area contributed by atoms with Gasteiger partial charge in [-0.15, -0.1) is 11.3 Å². The highest BCUT2D eigenvalue weighted by Crippen LogP contribution is 2.14. The Morgan fingerprint density at radius 3 is 2.71 bits per heavy atom. The summed E-state index contributed by atoms with van der Waals surface area (Å²) in [7, 11) is 0. The van der Waals surface area contributed by atoms with Gasteiger partial charge in [-0.25, -0.2) is 4.98 Å². The van der Waals surface area contributed by atoms with Crippen molar-refractivity contribution in [3.05, 3.63) is 16.1 Å². The van der Waals surface area contributed by atoms with E-state index in [0.29, 0.717) is 6.04 Å². The van der Waals surface area contributed by atoms with Gasteiger partial charge in [-0.2, -0.15) is 0 Å². The molecule has 0 fully saturated rings. The molecule has 98 valence electrons. The minimum Gasteiger partial charge on any atom is -0.314 e. The van der Waals surface area contributed by atoms with E-state index in [4.69, 9.17) is 0 Å². The summed E-state index contributed by atoms with van der Waals surface area (Å²) in [4.78, 5) is 4.56. The van der Waals surface area contributed by atoms with Crippen LogP contribution in [0.5, 0.6) is 0 Å². The monoisotopic (exact) mass is 254 g/mol. The van der Waals surface area contributed by atoms with Crippen molar-refractivity contribution in [3.63, 3.8) is 0 Å². The molecule has 0 spiro atoms. The van der Waals surface area contributed by atoms with Gasteiger partial charge in [0, 0.05) is 23.5 Å². The Labute approximate surface area is 110 Å². The zero-order chi connectivity index (χ0) is 12.5. The van der Waals surface area contributed by atoms with Gasteiger partial charge < -0.3 is 5.32 Å². The van der Waals surface area contributed by atoms with Crippen molar-refractivity contribution in [2.75, 3.05) is 6.54 Å². The predicted molar refractivity (Wildman–Crippen MR) is 76.8 cm³/mol. The second-order valence-corrected chi connectivity index (χ2v) is 5.63. The molecule has 1 aromatic rings. The molecular weight excluding hydrogens is 228 g/mol. The summed E-state index contributed by atoms with van der Waals surface area (Å²) in [6.07, 6.45) is 7.78. The molecule has 1 atom stereocenters. The van der Waals surface area contributed by atoms with Crippen molar-refractivity contribution in [1.82, 2.24) is 10.3 Å². The summed E-state index contributed by atoms with van der Waals surface area (Å²) < 4.78 is 0. The number of nitrogens with one attached hydrogen (secondary N) is 1. The van der Waals surface area contributed by atoms with Crippen LogP contribution >= 0.6 is 11.3 Å². The van der Waals surface area contributed by atoms with Crippen LogP contribution in [0.2, 0.25) is 0 Å². The van der Waals surface area contributed by atoms with Crippen molar-refractivity contribution in [1.29, 1.82) is 0 Å². The summed E-state index contributed by atoms with van der Waals surface area (Å²) >= 11 is 1.80. The highest BCUT2D eigenvalue weighted by molar-refractivity contribution is 7.09. The summed E-state index contributed by atoms with van der Waals surface area (Å²) in [5.41, 5.74) is 1.16. The molecule has 17 heavy (non-hydrogen) atoms. The maximum atomic E-state index is 4.56. The van der Waals surface area contributed by atoms with Gasteiger partial charge in [-0.3, -0.25) is 0 Å². The predicted octanol–water partition coefficient (Wildman–Crippen LogP) is 3.94. The number of aromatic nitrogens is 1. The van der Waals surface area contributed by atoms with Gasteiger partial charge in [0.05, 0.1) is 5.01 Å². The van der Waals surface area contributed by atoms with Crippen molar-refractivity contribution in [3.8, 4) is 0 Å². The second-order valence-electron chi connectivity index (χ2n) is 4.69. The highest BCUT2D eigenvalue weighted by Gasteiger charge is 2.10. The Bertz CT molecular complexity index is 296. The summed E-state index contributed by atoms with van der Waals surface area (Å²) in [5, 5.41) is 7.01. The van der Waals surface area contributed by atoms with Gasteiger partial charge in [0.1, 0.15) is 0 Å². The van der Waals surface area contributed by atoms with Crippen LogP contribution in [-0.2, 0) is 6.42 Å². The minimum absolute atomic E-state index is 0.613. The lowest BCUT2D eigenvalue weighted by Crippen LogP contribution is -2.30. The van der Waals surface area contributed by atoms with Gasteiger partial charge in [-0.05, 0) is 19.9 Å². The zero-order valence-corrected chi connectivity index (χ0v) is 12.3. The van der Waals surface area contributed by atoms with Crippen molar-refractivity contribution in [2.45, 2.75) is 65.3 Å². The molecule has 0 amide bonds. The van der Waals surface area contributed by atoms with Crippen LogP contribution in [-0.4, -0.2) is 17.6 Å². The number of hydrogen-bond donors (Lipinski definition) is 1. The maximum Gasteiger partial charge on any atom is 0.0943 e. The average molecular weight is 254 g/mol. The number of likely N-dealkylation sites (N-methyl/N-ethyl adjacent to an activating group) is 1. The number of thiazole rings is 1. The fourth-order valence-electron chi connectivity index (χ4n) is 2.09. The standard InChI is InChI=1S/C14H26N2S/c1-4-6-7-8-9-13(15-5-2)10-14-16-12(3)11-17-14/h11,13,15H,4-10H2,1-3H3. The van der Waals surface area contributed by atoms with Crippen LogP contribution in [0.15, 0.2) is 5.38 Å². The average Bonchev–Trinajstić information content (AvgIpc) is 2.70. The SMILES string of the molecule is CCCCCCC(Cc1nc(C)cs1)NCC. The molecule has 0 aliphatic rings. The van der Waals surface area contributed by atoms with E-state index in [2.05, 4.69) is 36.5 Å². The van der Waals surface area contributed by atoms with Gasteiger partial charge in [0.15, 0.2) is 0 Å².